The largest absolute Gasteiger partial charge is 0.462 e. The Hall–Kier alpha value is -2.50. The minimum absolute atomic E-state index is 0.116. The first-order valence-electron chi connectivity index (χ1n) is 10.4. The topological polar surface area (TPSA) is 50.7 Å². The molecule has 1 aliphatic rings. The maximum atomic E-state index is 12.9. The summed E-state index contributed by atoms with van der Waals surface area (Å²) in [4.78, 5) is 18.9. The van der Waals surface area contributed by atoms with Crippen LogP contribution >= 0.6 is 11.3 Å². The van der Waals surface area contributed by atoms with Crippen molar-refractivity contribution >= 4 is 39.3 Å². The summed E-state index contributed by atoms with van der Waals surface area (Å²) < 4.78 is 5.43. The van der Waals surface area contributed by atoms with Crippen molar-refractivity contribution < 1.29 is 9.53 Å². The summed E-state index contributed by atoms with van der Waals surface area (Å²) in [6, 6.07) is 14.4. The van der Waals surface area contributed by atoms with Crippen LogP contribution < -0.4 is 5.32 Å². The van der Waals surface area contributed by atoms with Crippen molar-refractivity contribution in [3.8, 4) is 0 Å². The molecular weight excluding hydrogens is 392 g/mol. The number of nitrogens with zero attached hydrogens (tertiary/aromatic N) is 1. The van der Waals surface area contributed by atoms with Gasteiger partial charge in [-0.15, -0.1) is 11.3 Å². The van der Waals surface area contributed by atoms with Crippen LogP contribution in [-0.2, 0) is 16.7 Å². The molecule has 156 valence electrons. The fourth-order valence-corrected chi connectivity index (χ4v) is 5.72. The molecule has 4 rings (SSSR count). The molecule has 2 aromatic carbocycles. The number of benzene rings is 2. The molecule has 0 atom stereocenters. The molecule has 2 heterocycles. The molecule has 3 aromatic rings. The highest BCUT2D eigenvalue weighted by Crippen LogP contribution is 2.46. The Morgan fingerprint density at radius 2 is 1.90 bits per heavy atom. The molecule has 0 saturated heterocycles. The minimum atomic E-state index is -0.284. The van der Waals surface area contributed by atoms with Crippen LogP contribution in [0.2, 0.25) is 0 Å². The lowest BCUT2D eigenvalue weighted by atomic mass is 9.81. The van der Waals surface area contributed by atoms with E-state index in [0.717, 1.165) is 32.8 Å². The Morgan fingerprint density at radius 3 is 2.67 bits per heavy atom. The summed E-state index contributed by atoms with van der Waals surface area (Å²) >= 11 is 1.59. The van der Waals surface area contributed by atoms with Crippen molar-refractivity contribution in [2.24, 2.45) is 4.99 Å². The van der Waals surface area contributed by atoms with Gasteiger partial charge in [-0.05, 0) is 57.4 Å². The summed E-state index contributed by atoms with van der Waals surface area (Å²) in [6.07, 6.45) is 2.63. The van der Waals surface area contributed by atoms with E-state index in [2.05, 4.69) is 57.3 Å². The molecule has 30 heavy (non-hydrogen) atoms. The normalized spacial score (nSPS) is 17.2. The highest BCUT2D eigenvalue weighted by molar-refractivity contribution is 7.16. The fourth-order valence-electron chi connectivity index (χ4n) is 4.51. The fraction of sp³-hybridized carbons (Fsp3) is 0.360. The lowest BCUT2D eigenvalue weighted by molar-refractivity contribution is 0.0525. The Kier molecular flexibility index (Phi) is 5.28. The Morgan fingerprint density at radius 1 is 1.17 bits per heavy atom. The number of rotatable bonds is 4. The second-order valence-corrected chi connectivity index (χ2v) is 9.95. The zero-order valence-electron chi connectivity index (χ0n) is 18.2. The van der Waals surface area contributed by atoms with E-state index in [0.29, 0.717) is 12.2 Å². The van der Waals surface area contributed by atoms with E-state index >= 15 is 0 Å². The van der Waals surface area contributed by atoms with Crippen LogP contribution in [-0.4, -0.2) is 24.3 Å². The first-order chi connectivity index (χ1) is 14.2. The summed E-state index contributed by atoms with van der Waals surface area (Å²) in [5, 5.41) is 6.74. The third kappa shape index (κ3) is 3.80. The molecule has 1 aromatic heterocycles. The van der Waals surface area contributed by atoms with Gasteiger partial charge in [0.1, 0.15) is 5.00 Å². The molecule has 1 aliphatic heterocycles. The van der Waals surface area contributed by atoms with E-state index in [-0.39, 0.29) is 17.0 Å². The Labute approximate surface area is 182 Å². The summed E-state index contributed by atoms with van der Waals surface area (Å²) in [6.45, 7) is 10.9. The molecule has 0 aliphatic carbocycles. The van der Waals surface area contributed by atoms with Gasteiger partial charge in [0.05, 0.1) is 12.2 Å². The average molecular weight is 421 g/mol. The van der Waals surface area contributed by atoms with Crippen LogP contribution in [0.3, 0.4) is 0 Å². The van der Waals surface area contributed by atoms with Gasteiger partial charge in [0, 0.05) is 27.7 Å². The van der Waals surface area contributed by atoms with Gasteiger partial charge in [-0.25, -0.2) is 9.79 Å². The van der Waals surface area contributed by atoms with Crippen LogP contribution in [0.25, 0.3) is 10.8 Å². The van der Waals surface area contributed by atoms with Gasteiger partial charge in [0.2, 0.25) is 0 Å². The highest BCUT2D eigenvalue weighted by atomic mass is 32.1. The molecule has 0 saturated carbocycles. The molecule has 5 heteroatoms. The minimum Gasteiger partial charge on any atom is -0.462 e. The second-order valence-electron chi connectivity index (χ2n) is 8.95. The van der Waals surface area contributed by atoms with E-state index in [9.17, 15) is 4.79 Å². The van der Waals surface area contributed by atoms with E-state index < -0.39 is 0 Å². The number of hydrogen-bond acceptors (Lipinski definition) is 5. The average Bonchev–Trinajstić information content (AvgIpc) is 3.04. The number of fused-ring (bicyclic) bond motifs is 2. The summed E-state index contributed by atoms with van der Waals surface area (Å²) in [5.74, 6) is -0.284. The van der Waals surface area contributed by atoms with E-state index in [1.54, 1.807) is 11.3 Å². The maximum absolute atomic E-state index is 12.9. The van der Waals surface area contributed by atoms with Crippen molar-refractivity contribution in [3.05, 3.63) is 64.0 Å². The Bertz CT molecular complexity index is 1140. The quantitative estimate of drug-likeness (QED) is 0.417. The molecular formula is C25H28N2O2S. The first-order valence-corrected chi connectivity index (χ1v) is 11.2. The molecule has 0 bridgehead atoms. The van der Waals surface area contributed by atoms with Gasteiger partial charge in [-0.3, -0.25) is 0 Å². The van der Waals surface area contributed by atoms with Crippen molar-refractivity contribution in [3.63, 3.8) is 0 Å². The SMILES string of the molecule is CCOC(=O)c1c(N=Cc2cccc3ccccc23)sc2c1CC(C)(C)NC2(C)C. The van der Waals surface area contributed by atoms with Gasteiger partial charge < -0.3 is 10.1 Å². The number of carbonyl (C=O) groups excluding carboxylic acids is 1. The summed E-state index contributed by atoms with van der Waals surface area (Å²) in [7, 11) is 0. The zero-order chi connectivity index (χ0) is 21.5. The molecule has 0 amide bonds. The van der Waals surface area contributed by atoms with Gasteiger partial charge in [-0.1, -0.05) is 42.5 Å². The van der Waals surface area contributed by atoms with Gasteiger partial charge in [0.25, 0.3) is 0 Å². The van der Waals surface area contributed by atoms with Gasteiger partial charge in [-0.2, -0.15) is 0 Å². The van der Waals surface area contributed by atoms with Crippen LogP contribution in [0.5, 0.6) is 0 Å². The monoisotopic (exact) mass is 420 g/mol. The molecule has 0 unspecified atom stereocenters. The van der Waals surface area contributed by atoms with Crippen molar-refractivity contribution in [2.45, 2.75) is 52.1 Å². The van der Waals surface area contributed by atoms with Crippen LogP contribution in [0.4, 0.5) is 5.00 Å². The zero-order valence-corrected chi connectivity index (χ0v) is 19.0. The van der Waals surface area contributed by atoms with Crippen LogP contribution in [0, 0.1) is 0 Å². The van der Waals surface area contributed by atoms with E-state index in [4.69, 9.17) is 9.73 Å². The third-order valence-electron chi connectivity index (χ3n) is 5.45. The smallest absolute Gasteiger partial charge is 0.341 e. The lowest BCUT2D eigenvalue weighted by Crippen LogP contribution is -2.55. The Balaban J connectivity index is 1.85. The van der Waals surface area contributed by atoms with Crippen LogP contribution in [0.15, 0.2) is 47.5 Å². The lowest BCUT2D eigenvalue weighted by Gasteiger charge is -2.42. The summed E-state index contributed by atoms with van der Waals surface area (Å²) in [5.41, 5.74) is 2.37. The molecule has 4 nitrogen and oxygen atoms in total. The molecule has 0 radical (unpaired) electrons. The van der Waals surface area contributed by atoms with Gasteiger partial charge in [0.15, 0.2) is 0 Å². The number of thiophene rings is 1. The highest BCUT2D eigenvalue weighted by Gasteiger charge is 2.41. The first kappa shape index (κ1) is 20.8. The van der Waals surface area contributed by atoms with Crippen molar-refractivity contribution in [1.82, 2.24) is 5.32 Å². The van der Waals surface area contributed by atoms with E-state index in [1.807, 2.05) is 31.3 Å². The maximum Gasteiger partial charge on any atom is 0.341 e. The third-order valence-corrected chi connectivity index (χ3v) is 6.91. The number of hydrogen-bond donors (Lipinski definition) is 1. The van der Waals surface area contributed by atoms with Gasteiger partial charge >= 0.3 is 5.97 Å². The predicted molar refractivity (Wildman–Crippen MR) is 125 cm³/mol. The number of aliphatic imine (C=N–C) groups is 1. The molecule has 1 N–H and O–H groups in total. The second kappa shape index (κ2) is 7.64. The van der Waals surface area contributed by atoms with Crippen molar-refractivity contribution in [1.29, 1.82) is 0 Å². The number of carbonyl (C=O) groups is 1. The standard InChI is InChI=1S/C25H28N2O2S/c1-6-29-23(28)20-19-14-24(2,3)27-25(4,5)21(19)30-22(20)26-15-17-12-9-11-16-10-7-8-13-18(16)17/h7-13,15,27H,6,14H2,1-5H3. The number of nitrogens with one attached hydrogen (secondary N) is 1. The van der Waals surface area contributed by atoms with E-state index in [1.165, 1.54) is 5.39 Å². The molecule has 0 fully saturated rings. The van der Waals surface area contributed by atoms with Crippen molar-refractivity contribution in [2.75, 3.05) is 6.61 Å². The predicted octanol–water partition coefficient (Wildman–Crippen LogP) is 5.99. The molecule has 0 spiro atoms. The number of esters is 1. The van der Waals surface area contributed by atoms with Crippen LogP contribution in [0.1, 0.15) is 61.0 Å². The number of ether oxygens (including phenoxy) is 1.